The van der Waals surface area contributed by atoms with Crippen LogP contribution in [0.15, 0.2) is 30.3 Å². The molecule has 224 valence electrons. The fraction of sp³-hybridized carbons (Fsp3) is 0.419. The summed E-state index contributed by atoms with van der Waals surface area (Å²) in [5.41, 5.74) is 2.81. The number of rotatable bonds is 14. The Balaban J connectivity index is 1.31. The predicted octanol–water partition coefficient (Wildman–Crippen LogP) is 5.31. The fourth-order valence-electron chi connectivity index (χ4n) is 4.68. The highest BCUT2D eigenvalue weighted by Gasteiger charge is 2.28. The van der Waals surface area contributed by atoms with Crippen LogP contribution in [0, 0.1) is 18.8 Å². The number of Topliss-reactive ketones (excluding diaryl/α,β-unsaturated/α-hetero) is 1. The van der Waals surface area contributed by atoms with Gasteiger partial charge in [-0.1, -0.05) is 13.8 Å². The van der Waals surface area contributed by atoms with Crippen LogP contribution in [0.1, 0.15) is 59.5 Å². The predicted molar refractivity (Wildman–Crippen MR) is 157 cm³/mol. The molecular formula is C31H35NO9S. The van der Waals surface area contributed by atoms with E-state index < -0.39 is 23.8 Å². The van der Waals surface area contributed by atoms with E-state index in [2.05, 4.69) is 0 Å². The number of ether oxygens (including phenoxy) is 3. The topological polar surface area (TPSA) is 140 Å². The zero-order valence-electron chi connectivity index (χ0n) is 24.1. The minimum absolute atomic E-state index is 0.0397. The highest BCUT2D eigenvalue weighted by atomic mass is 32.1. The summed E-state index contributed by atoms with van der Waals surface area (Å²) >= 11 is 1.35. The maximum absolute atomic E-state index is 12.6. The van der Waals surface area contributed by atoms with E-state index in [1.165, 1.54) is 25.2 Å². The minimum atomic E-state index is -0.992. The van der Waals surface area contributed by atoms with Gasteiger partial charge in [0.25, 0.3) is 0 Å². The summed E-state index contributed by atoms with van der Waals surface area (Å²) in [5.74, 6) is -2.01. The van der Waals surface area contributed by atoms with Crippen molar-refractivity contribution >= 4 is 45.1 Å². The molecule has 2 N–H and O–H groups in total. The van der Waals surface area contributed by atoms with Crippen molar-refractivity contribution in [1.82, 2.24) is 4.90 Å². The van der Waals surface area contributed by atoms with E-state index in [1.807, 2.05) is 31.2 Å². The molecule has 2 heterocycles. The van der Waals surface area contributed by atoms with Gasteiger partial charge in [0.1, 0.15) is 5.75 Å². The van der Waals surface area contributed by atoms with Gasteiger partial charge in [-0.05, 0) is 59.3 Å². The van der Waals surface area contributed by atoms with Crippen molar-refractivity contribution in [1.29, 1.82) is 0 Å². The first kappa shape index (κ1) is 30.8. The van der Waals surface area contributed by atoms with Crippen LogP contribution in [-0.4, -0.2) is 59.1 Å². The second-order valence-electron chi connectivity index (χ2n) is 10.6. The van der Waals surface area contributed by atoms with Crippen molar-refractivity contribution in [3.8, 4) is 17.2 Å². The lowest BCUT2D eigenvalue weighted by Gasteiger charge is -2.16. The summed E-state index contributed by atoms with van der Waals surface area (Å²) in [5, 5.41) is 19.1. The molecule has 4 rings (SSSR count). The number of hydrogen-bond acceptors (Lipinski definition) is 8. The van der Waals surface area contributed by atoms with E-state index in [4.69, 9.17) is 24.4 Å². The number of carbonyl (C=O) groups is 4. The molecule has 0 radical (unpaired) electrons. The van der Waals surface area contributed by atoms with Crippen LogP contribution in [-0.2, 0) is 27.5 Å². The van der Waals surface area contributed by atoms with Gasteiger partial charge < -0.3 is 29.3 Å². The maximum atomic E-state index is 12.6. The van der Waals surface area contributed by atoms with Crippen LogP contribution in [0.5, 0.6) is 17.2 Å². The lowest BCUT2D eigenvalue weighted by molar-refractivity contribution is -0.145. The standard InChI is InChI=1S/C31H35NO9S/c1-17-9-27-20(14-28(42-27)23(33)8-18(2)30(35)36)11-24(17)40-6-5-7-41-26-13-22-16-32(15-21(22)12-25(26)39-4)29(34)10-19(3)31(37)38/h9,11-14,18-19H,5-8,10,15-16H2,1-4H3,(H,35,36)(H,37,38)/t18-,19-/m0/s1. The molecule has 3 aromatic rings. The first-order chi connectivity index (χ1) is 20.0. The number of aryl methyl sites for hydroxylation is 1. The van der Waals surface area contributed by atoms with E-state index in [1.54, 1.807) is 18.1 Å². The monoisotopic (exact) mass is 597 g/mol. The summed E-state index contributed by atoms with van der Waals surface area (Å²) in [6.45, 7) is 6.54. The largest absolute Gasteiger partial charge is 0.493 e. The van der Waals surface area contributed by atoms with Gasteiger partial charge in [0.15, 0.2) is 17.3 Å². The lowest BCUT2D eigenvalue weighted by atomic mass is 10.0. The third-order valence-electron chi connectivity index (χ3n) is 7.27. The van der Waals surface area contributed by atoms with E-state index in [0.29, 0.717) is 54.8 Å². The molecule has 1 amide bonds. The average molecular weight is 598 g/mol. The van der Waals surface area contributed by atoms with Crippen LogP contribution >= 0.6 is 11.3 Å². The summed E-state index contributed by atoms with van der Waals surface area (Å²) in [4.78, 5) is 49.5. The molecule has 0 fully saturated rings. The SMILES string of the molecule is COc1cc2c(cc1OCCCOc1cc3cc(C(=O)C[C@H](C)C(=O)O)sc3cc1C)CN(C(=O)C[C@H](C)C(=O)O)C2. The number of fused-ring (bicyclic) bond motifs is 2. The van der Waals surface area contributed by atoms with Gasteiger partial charge in [-0.2, -0.15) is 0 Å². The summed E-state index contributed by atoms with van der Waals surface area (Å²) < 4.78 is 18.5. The number of amides is 1. The van der Waals surface area contributed by atoms with Gasteiger partial charge in [0.05, 0.1) is 37.0 Å². The van der Waals surface area contributed by atoms with Crippen LogP contribution in [0.2, 0.25) is 0 Å². The van der Waals surface area contributed by atoms with Crippen molar-refractivity contribution in [3.05, 3.63) is 51.9 Å². The molecule has 10 nitrogen and oxygen atoms in total. The minimum Gasteiger partial charge on any atom is -0.493 e. The Morgan fingerprint density at radius 2 is 1.45 bits per heavy atom. The first-order valence-corrected chi connectivity index (χ1v) is 14.5. The van der Waals surface area contributed by atoms with E-state index in [9.17, 15) is 19.2 Å². The van der Waals surface area contributed by atoms with Gasteiger partial charge in [0, 0.05) is 37.1 Å². The second kappa shape index (κ2) is 13.2. The smallest absolute Gasteiger partial charge is 0.306 e. The molecule has 11 heteroatoms. The zero-order chi connectivity index (χ0) is 30.6. The van der Waals surface area contributed by atoms with Crippen LogP contribution in [0.3, 0.4) is 0 Å². The number of carboxylic acids is 2. The Bertz CT molecular complexity index is 1510. The van der Waals surface area contributed by atoms with Gasteiger partial charge >= 0.3 is 11.9 Å². The van der Waals surface area contributed by atoms with Gasteiger partial charge in [0.2, 0.25) is 5.91 Å². The second-order valence-corrected chi connectivity index (χ2v) is 11.7. The molecule has 0 aliphatic carbocycles. The molecule has 1 aliphatic heterocycles. The molecule has 2 aromatic carbocycles. The van der Waals surface area contributed by atoms with Gasteiger partial charge in [-0.3, -0.25) is 19.2 Å². The number of thiophene rings is 1. The number of methoxy groups -OCH3 is 1. The average Bonchev–Trinajstić information content (AvgIpc) is 3.55. The van der Waals surface area contributed by atoms with Crippen LogP contribution in [0.25, 0.3) is 10.1 Å². The number of ketones is 1. The number of nitrogens with zero attached hydrogens (tertiary/aromatic N) is 1. The van der Waals surface area contributed by atoms with Crippen molar-refractivity contribution in [3.63, 3.8) is 0 Å². The van der Waals surface area contributed by atoms with Crippen LogP contribution in [0.4, 0.5) is 0 Å². The Kier molecular flexibility index (Phi) is 9.72. The van der Waals surface area contributed by atoms with Crippen molar-refractivity contribution in [2.75, 3.05) is 20.3 Å². The maximum Gasteiger partial charge on any atom is 0.306 e. The molecule has 0 saturated carbocycles. The number of benzene rings is 2. The first-order valence-electron chi connectivity index (χ1n) is 13.7. The number of carboxylic acid groups (broad SMARTS) is 2. The molecule has 0 spiro atoms. The fourth-order valence-corrected chi connectivity index (χ4v) is 5.77. The van der Waals surface area contributed by atoms with Crippen molar-refractivity contribution < 1.29 is 43.6 Å². The molecular weight excluding hydrogens is 562 g/mol. The molecule has 0 bridgehead atoms. The normalized spacial score (nSPS) is 13.9. The molecule has 1 aliphatic rings. The number of carbonyl (C=O) groups excluding carboxylic acids is 2. The summed E-state index contributed by atoms with van der Waals surface area (Å²) in [7, 11) is 1.55. The summed E-state index contributed by atoms with van der Waals surface area (Å²) in [6, 6.07) is 9.37. The zero-order valence-corrected chi connectivity index (χ0v) is 24.9. The van der Waals surface area contributed by atoms with Gasteiger partial charge in [-0.15, -0.1) is 11.3 Å². The molecule has 0 unspecified atom stereocenters. The lowest BCUT2D eigenvalue weighted by Crippen LogP contribution is -2.28. The Morgan fingerprint density at radius 1 is 0.857 bits per heavy atom. The van der Waals surface area contributed by atoms with Crippen molar-refractivity contribution in [2.24, 2.45) is 11.8 Å². The third kappa shape index (κ3) is 7.20. The van der Waals surface area contributed by atoms with Crippen LogP contribution < -0.4 is 14.2 Å². The van der Waals surface area contributed by atoms with E-state index >= 15 is 0 Å². The quantitative estimate of drug-likeness (QED) is 0.187. The Morgan fingerprint density at radius 3 is 2.07 bits per heavy atom. The Labute approximate surface area is 247 Å². The molecule has 1 aromatic heterocycles. The number of hydrogen-bond donors (Lipinski definition) is 2. The summed E-state index contributed by atoms with van der Waals surface area (Å²) in [6.07, 6.45) is 0.506. The van der Waals surface area contributed by atoms with E-state index in [0.717, 1.165) is 26.8 Å². The van der Waals surface area contributed by atoms with E-state index in [-0.39, 0.29) is 24.5 Å². The Hall–Kier alpha value is -4.12. The number of aliphatic carboxylic acids is 2. The molecule has 0 saturated heterocycles. The highest BCUT2D eigenvalue weighted by molar-refractivity contribution is 7.20. The third-order valence-corrected chi connectivity index (χ3v) is 8.41. The molecule has 2 atom stereocenters. The highest BCUT2D eigenvalue weighted by Crippen LogP contribution is 2.36. The van der Waals surface area contributed by atoms with Crippen molar-refractivity contribution in [2.45, 2.75) is 53.1 Å². The molecule has 42 heavy (non-hydrogen) atoms. The van der Waals surface area contributed by atoms with Gasteiger partial charge in [-0.25, -0.2) is 0 Å².